The predicted molar refractivity (Wildman–Crippen MR) is 84.4 cm³/mol. The SMILES string of the molecule is CCCNC(Cc1ccc(I)cc1)C(C)CC. The van der Waals surface area contributed by atoms with Crippen molar-refractivity contribution in [2.24, 2.45) is 5.92 Å². The van der Waals surface area contributed by atoms with E-state index in [2.05, 4.69) is 72.9 Å². The van der Waals surface area contributed by atoms with Crippen LogP contribution < -0.4 is 5.32 Å². The summed E-state index contributed by atoms with van der Waals surface area (Å²) >= 11 is 2.36. The summed E-state index contributed by atoms with van der Waals surface area (Å²) in [5.74, 6) is 0.737. The molecule has 0 spiro atoms. The van der Waals surface area contributed by atoms with Gasteiger partial charge in [0.1, 0.15) is 0 Å². The third-order valence-electron chi connectivity index (χ3n) is 3.36. The summed E-state index contributed by atoms with van der Waals surface area (Å²) in [5, 5.41) is 3.68. The third kappa shape index (κ3) is 5.38. The molecule has 1 nitrogen and oxygen atoms in total. The van der Waals surface area contributed by atoms with Gasteiger partial charge in [0.05, 0.1) is 0 Å². The number of rotatable bonds is 7. The van der Waals surface area contributed by atoms with Crippen LogP contribution in [0.4, 0.5) is 0 Å². The smallest absolute Gasteiger partial charge is 0.0133 e. The van der Waals surface area contributed by atoms with Crippen LogP contribution in [0.5, 0.6) is 0 Å². The lowest BCUT2D eigenvalue weighted by molar-refractivity contribution is 0.365. The van der Waals surface area contributed by atoms with Crippen molar-refractivity contribution in [3.63, 3.8) is 0 Å². The maximum atomic E-state index is 3.68. The van der Waals surface area contributed by atoms with Gasteiger partial charge in [0.15, 0.2) is 0 Å². The molecule has 0 aliphatic heterocycles. The molecule has 0 radical (unpaired) electrons. The number of hydrogen-bond acceptors (Lipinski definition) is 1. The quantitative estimate of drug-likeness (QED) is 0.729. The van der Waals surface area contributed by atoms with Crippen LogP contribution in [0.1, 0.15) is 39.2 Å². The summed E-state index contributed by atoms with van der Waals surface area (Å²) in [5.41, 5.74) is 1.44. The summed E-state index contributed by atoms with van der Waals surface area (Å²) in [6, 6.07) is 9.52. The number of halogens is 1. The first-order chi connectivity index (χ1) is 8.17. The summed E-state index contributed by atoms with van der Waals surface area (Å²) in [6.07, 6.45) is 3.59. The number of nitrogens with one attached hydrogen (secondary N) is 1. The van der Waals surface area contributed by atoms with Crippen molar-refractivity contribution in [1.29, 1.82) is 0 Å². The van der Waals surface area contributed by atoms with Gasteiger partial charge in [-0.05, 0) is 65.6 Å². The normalized spacial score (nSPS) is 14.6. The summed E-state index contributed by atoms with van der Waals surface area (Å²) in [7, 11) is 0. The van der Waals surface area contributed by atoms with Gasteiger partial charge in [-0.15, -0.1) is 0 Å². The fraction of sp³-hybridized carbons (Fsp3) is 0.600. The van der Waals surface area contributed by atoms with Crippen LogP contribution in [-0.2, 0) is 6.42 Å². The van der Waals surface area contributed by atoms with Gasteiger partial charge in [0, 0.05) is 9.61 Å². The molecule has 1 aromatic carbocycles. The molecule has 0 bridgehead atoms. The minimum atomic E-state index is 0.611. The van der Waals surface area contributed by atoms with Crippen molar-refractivity contribution < 1.29 is 0 Å². The molecule has 2 atom stereocenters. The van der Waals surface area contributed by atoms with Crippen LogP contribution in [0.15, 0.2) is 24.3 Å². The fourth-order valence-corrected chi connectivity index (χ4v) is 2.32. The Balaban J connectivity index is 2.61. The van der Waals surface area contributed by atoms with Gasteiger partial charge in [0.2, 0.25) is 0 Å². The highest BCUT2D eigenvalue weighted by molar-refractivity contribution is 14.1. The van der Waals surface area contributed by atoms with Crippen molar-refractivity contribution in [3.05, 3.63) is 33.4 Å². The Morgan fingerprint density at radius 1 is 1.18 bits per heavy atom. The van der Waals surface area contributed by atoms with Crippen LogP contribution in [0.2, 0.25) is 0 Å². The minimum Gasteiger partial charge on any atom is -0.313 e. The lowest BCUT2D eigenvalue weighted by Gasteiger charge is -2.24. The van der Waals surface area contributed by atoms with Crippen LogP contribution in [-0.4, -0.2) is 12.6 Å². The monoisotopic (exact) mass is 345 g/mol. The van der Waals surface area contributed by atoms with E-state index in [1.165, 1.54) is 22.0 Å². The molecule has 1 aromatic rings. The van der Waals surface area contributed by atoms with E-state index in [1.54, 1.807) is 0 Å². The lowest BCUT2D eigenvalue weighted by atomic mass is 9.93. The molecule has 0 aromatic heterocycles. The molecule has 0 saturated carbocycles. The highest BCUT2D eigenvalue weighted by Crippen LogP contribution is 2.15. The Hall–Kier alpha value is -0.0900. The molecule has 0 aliphatic carbocycles. The predicted octanol–water partition coefficient (Wildman–Crippen LogP) is 4.25. The molecule has 0 aliphatic rings. The molecule has 96 valence electrons. The van der Waals surface area contributed by atoms with E-state index in [0.717, 1.165) is 18.9 Å². The topological polar surface area (TPSA) is 12.0 Å². The van der Waals surface area contributed by atoms with E-state index in [1.807, 2.05) is 0 Å². The molecule has 0 saturated heterocycles. The zero-order valence-corrected chi connectivity index (χ0v) is 13.3. The van der Waals surface area contributed by atoms with Gasteiger partial charge in [-0.25, -0.2) is 0 Å². The average molecular weight is 345 g/mol. The van der Waals surface area contributed by atoms with Gasteiger partial charge < -0.3 is 5.32 Å². The van der Waals surface area contributed by atoms with Gasteiger partial charge in [-0.1, -0.05) is 39.3 Å². The van der Waals surface area contributed by atoms with Gasteiger partial charge in [0.25, 0.3) is 0 Å². The molecule has 1 rings (SSSR count). The second-order valence-electron chi connectivity index (χ2n) is 4.78. The van der Waals surface area contributed by atoms with Crippen molar-refractivity contribution in [1.82, 2.24) is 5.32 Å². The lowest BCUT2D eigenvalue weighted by Crippen LogP contribution is -2.37. The Morgan fingerprint density at radius 2 is 1.82 bits per heavy atom. The highest BCUT2D eigenvalue weighted by atomic mass is 127. The van der Waals surface area contributed by atoms with Crippen LogP contribution in [0, 0.1) is 9.49 Å². The minimum absolute atomic E-state index is 0.611. The molecule has 0 heterocycles. The summed E-state index contributed by atoms with van der Waals surface area (Å²) < 4.78 is 1.31. The largest absolute Gasteiger partial charge is 0.313 e. The Morgan fingerprint density at radius 3 is 2.35 bits per heavy atom. The molecule has 1 N–H and O–H groups in total. The first kappa shape index (κ1) is 15.0. The fourth-order valence-electron chi connectivity index (χ4n) is 1.96. The second-order valence-corrected chi connectivity index (χ2v) is 6.02. The Labute approximate surface area is 120 Å². The zero-order valence-electron chi connectivity index (χ0n) is 11.2. The van der Waals surface area contributed by atoms with Crippen LogP contribution in [0.25, 0.3) is 0 Å². The zero-order chi connectivity index (χ0) is 12.7. The molecule has 17 heavy (non-hydrogen) atoms. The number of hydrogen-bond donors (Lipinski definition) is 1. The van der Waals surface area contributed by atoms with Crippen molar-refractivity contribution in [2.45, 2.75) is 46.1 Å². The molecular weight excluding hydrogens is 321 g/mol. The average Bonchev–Trinajstić information content (AvgIpc) is 2.36. The van der Waals surface area contributed by atoms with Crippen molar-refractivity contribution in [2.75, 3.05) is 6.54 Å². The van der Waals surface area contributed by atoms with E-state index in [-0.39, 0.29) is 0 Å². The third-order valence-corrected chi connectivity index (χ3v) is 4.08. The Bertz CT molecular complexity index is 307. The number of benzene rings is 1. The van der Waals surface area contributed by atoms with Gasteiger partial charge in [-0.2, -0.15) is 0 Å². The molecule has 0 amide bonds. The van der Waals surface area contributed by atoms with Gasteiger partial charge in [-0.3, -0.25) is 0 Å². The van der Waals surface area contributed by atoms with E-state index < -0.39 is 0 Å². The van der Waals surface area contributed by atoms with Crippen LogP contribution >= 0.6 is 22.6 Å². The molecule has 2 heteroatoms. The van der Waals surface area contributed by atoms with E-state index in [9.17, 15) is 0 Å². The molecule has 0 fully saturated rings. The Kier molecular flexibility index (Phi) is 7.12. The van der Waals surface area contributed by atoms with E-state index in [0.29, 0.717) is 6.04 Å². The standard InChI is InChI=1S/C15H24IN/c1-4-10-17-15(12(3)5-2)11-13-6-8-14(16)9-7-13/h6-9,12,15,17H,4-5,10-11H2,1-3H3. The molecule has 2 unspecified atom stereocenters. The summed E-state index contributed by atoms with van der Waals surface area (Å²) in [4.78, 5) is 0. The second kappa shape index (κ2) is 8.09. The maximum absolute atomic E-state index is 3.68. The molecular formula is C15H24IN. The van der Waals surface area contributed by atoms with E-state index >= 15 is 0 Å². The highest BCUT2D eigenvalue weighted by Gasteiger charge is 2.15. The van der Waals surface area contributed by atoms with Crippen molar-refractivity contribution >= 4 is 22.6 Å². The van der Waals surface area contributed by atoms with Gasteiger partial charge >= 0.3 is 0 Å². The maximum Gasteiger partial charge on any atom is 0.0133 e. The van der Waals surface area contributed by atoms with E-state index in [4.69, 9.17) is 0 Å². The van der Waals surface area contributed by atoms with Crippen molar-refractivity contribution in [3.8, 4) is 0 Å². The first-order valence-corrected chi connectivity index (χ1v) is 7.73. The first-order valence-electron chi connectivity index (χ1n) is 6.65. The van der Waals surface area contributed by atoms with Crippen LogP contribution in [0.3, 0.4) is 0 Å². The summed E-state index contributed by atoms with van der Waals surface area (Å²) in [6.45, 7) is 7.98.